The zero-order valence-electron chi connectivity index (χ0n) is 13.6. The van der Waals surface area contributed by atoms with Crippen molar-refractivity contribution in [2.75, 3.05) is 6.61 Å². The highest BCUT2D eigenvalue weighted by molar-refractivity contribution is 5.78. The van der Waals surface area contributed by atoms with E-state index in [1.54, 1.807) is 0 Å². The summed E-state index contributed by atoms with van der Waals surface area (Å²) in [6.45, 7) is 3.93. The third-order valence-electron chi connectivity index (χ3n) is 3.56. The van der Waals surface area contributed by atoms with Gasteiger partial charge in [-0.05, 0) is 23.6 Å². The number of carbonyl (C=O) groups excluding carboxylic acids is 1. The van der Waals surface area contributed by atoms with E-state index < -0.39 is 4.92 Å². The first-order valence-corrected chi connectivity index (χ1v) is 7.69. The number of nitrogens with zero attached hydrogens (tertiary/aromatic N) is 1. The number of rotatable bonds is 7. The van der Waals surface area contributed by atoms with Gasteiger partial charge in [0.25, 0.3) is 11.6 Å². The Morgan fingerprint density at radius 1 is 1.12 bits per heavy atom. The predicted molar refractivity (Wildman–Crippen MR) is 90.8 cm³/mol. The molecule has 1 N–H and O–H groups in total. The summed E-state index contributed by atoms with van der Waals surface area (Å²) in [6.07, 6.45) is 0. The van der Waals surface area contributed by atoms with Gasteiger partial charge in [0.1, 0.15) is 5.75 Å². The SMILES string of the molecule is CC(C)C(NC(=O)COc1ccc([N+](=O)[O-])cc1)c1ccccc1. The zero-order valence-corrected chi connectivity index (χ0v) is 13.6. The number of non-ortho nitro benzene ring substituents is 1. The molecule has 0 radical (unpaired) electrons. The Morgan fingerprint density at radius 2 is 1.75 bits per heavy atom. The minimum atomic E-state index is -0.483. The molecule has 0 aromatic heterocycles. The zero-order chi connectivity index (χ0) is 17.5. The molecular weight excluding hydrogens is 308 g/mol. The Morgan fingerprint density at radius 3 is 2.29 bits per heavy atom. The molecule has 0 aliphatic rings. The van der Waals surface area contributed by atoms with Crippen molar-refractivity contribution in [3.8, 4) is 5.75 Å². The molecule has 2 aromatic rings. The van der Waals surface area contributed by atoms with Crippen molar-refractivity contribution in [3.05, 3.63) is 70.3 Å². The van der Waals surface area contributed by atoms with Gasteiger partial charge in [-0.3, -0.25) is 14.9 Å². The molecule has 0 saturated heterocycles. The third-order valence-corrected chi connectivity index (χ3v) is 3.56. The molecule has 126 valence electrons. The highest BCUT2D eigenvalue weighted by Gasteiger charge is 2.18. The van der Waals surface area contributed by atoms with Gasteiger partial charge in [0, 0.05) is 12.1 Å². The lowest BCUT2D eigenvalue weighted by Crippen LogP contribution is -2.35. The van der Waals surface area contributed by atoms with Crippen molar-refractivity contribution in [1.82, 2.24) is 5.32 Å². The molecule has 2 rings (SSSR count). The first kappa shape index (κ1) is 17.5. The van der Waals surface area contributed by atoms with Crippen LogP contribution in [0.1, 0.15) is 25.5 Å². The maximum Gasteiger partial charge on any atom is 0.269 e. The molecule has 0 bridgehead atoms. The number of nitro benzene ring substituents is 1. The van der Waals surface area contributed by atoms with Crippen LogP contribution in [0.25, 0.3) is 0 Å². The van der Waals surface area contributed by atoms with Crippen molar-refractivity contribution in [2.45, 2.75) is 19.9 Å². The highest BCUT2D eigenvalue weighted by atomic mass is 16.6. The largest absolute Gasteiger partial charge is 0.484 e. The van der Waals surface area contributed by atoms with Crippen LogP contribution < -0.4 is 10.1 Å². The second kappa shape index (κ2) is 8.10. The van der Waals surface area contributed by atoms with Gasteiger partial charge >= 0.3 is 0 Å². The van der Waals surface area contributed by atoms with Crippen LogP contribution in [-0.2, 0) is 4.79 Å². The van der Waals surface area contributed by atoms with Crippen LogP contribution in [0.3, 0.4) is 0 Å². The maximum absolute atomic E-state index is 12.1. The summed E-state index contributed by atoms with van der Waals surface area (Å²) in [6, 6.07) is 15.3. The minimum absolute atomic E-state index is 0.0178. The Bertz CT molecular complexity index is 684. The van der Waals surface area contributed by atoms with Gasteiger partial charge in [0.15, 0.2) is 6.61 Å². The molecule has 0 saturated carbocycles. The quantitative estimate of drug-likeness (QED) is 0.623. The fourth-order valence-electron chi connectivity index (χ4n) is 2.32. The molecule has 1 unspecified atom stereocenters. The predicted octanol–water partition coefficient (Wildman–Crippen LogP) is 3.49. The monoisotopic (exact) mass is 328 g/mol. The molecule has 0 spiro atoms. The van der Waals surface area contributed by atoms with E-state index in [1.807, 2.05) is 44.2 Å². The first-order valence-electron chi connectivity index (χ1n) is 7.69. The fourth-order valence-corrected chi connectivity index (χ4v) is 2.32. The van der Waals surface area contributed by atoms with Gasteiger partial charge < -0.3 is 10.1 Å². The molecule has 6 nitrogen and oxygen atoms in total. The van der Waals surface area contributed by atoms with Gasteiger partial charge in [-0.2, -0.15) is 0 Å². The van der Waals surface area contributed by atoms with E-state index in [9.17, 15) is 14.9 Å². The Kier molecular flexibility index (Phi) is 5.89. The van der Waals surface area contributed by atoms with Gasteiger partial charge in [-0.15, -0.1) is 0 Å². The van der Waals surface area contributed by atoms with Crippen LogP contribution in [0, 0.1) is 16.0 Å². The van der Waals surface area contributed by atoms with Crippen molar-refractivity contribution in [1.29, 1.82) is 0 Å². The number of carbonyl (C=O) groups is 1. The van der Waals surface area contributed by atoms with Gasteiger partial charge in [0.05, 0.1) is 11.0 Å². The first-order chi connectivity index (χ1) is 11.5. The van der Waals surface area contributed by atoms with Crippen LogP contribution in [0.5, 0.6) is 5.75 Å². The normalized spacial score (nSPS) is 11.8. The van der Waals surface area contributed by atoms with E-state index in [0.717, 1.165) is 5.56 Å². The van der Waals surface area contributed by atoms with E-state index in [2.05, 4.69) is 5.32 Å². The number of amides is 1. The third kappa shape index (κ3) is 4.81. The van der Waals surface area contributed by atoms with Crippen molar-refractivity contribution in [2.24, 2.45) is 5.92 Å². The standard InChI is InChI=1S/C18H20N2O4/c1-13(2)18(14-6-4-3-5-7-14)19-17(21)12-24-16-10-8-15(9-11-16)20(22)23/h3-11,13,18H,12H2,1-2H3,(H,19,21). The molecule has 0 fully saturated rings. The lowest BCUT2D eigenvalue weighted by Gasteiger charge is -2.23. The van der Waals surface area contributed by atoms with Crippen LogP contribution in [0.4, 0.5) is 5.69 Å². The molecule has 24 heavy (non-hydrogen) atoms. The summed E-state index contributed by atoms with van der Waals surface area (Å²) >= 11 is 0. The summed E-state index contributed by atoms with van der Waals surface area (Å²) < 4.78 is 5.38. The molecule has 1 atom stereocenters. The molecule has 0 aliphatic carbocycles. The molecule has 2 aromatic carbocycles. The summed E-state index contributed by atoms with van der Waals surface area (Å²) in [5, 5.41) is 13.6. The average molecular weight is 328 g/mol. The average Bonchev–Trinajstić information content (AvgIpc) is 2.58. The molecule has 0 heterocycles. The highest BCUT2D eigenvalue weighted by Crippen LogP contribution is 2.21. The second-order valence-electron chi connectivity index (χ2n) is 5.74. The van der Waals surface area contributed by atoms with Gasteiger partial charge in [-0.1, -0.05) is 44.2 Å². The van der Waals surface area contributed by atoms with Crippen LogP contribution in [-0.4, -0.2) is 17.4 Å². The summed E-state index contributed by atoms with van der Waals surface area (Å²) in [7, 11) is 0. The van der Waals surface area contributed by atoms with E-state index >= 15 is 0 Å². The summed E-state index contributed by atoms with van der Waals surface area (Å²) in [4.78, 5) is 22.3. The number of hydrogen-bond donors (Lipinski definition) is 1. The van der Waals surface area contributed by atoms with Crippen LogP contribution in [0.2, 0.25) is 0 Å². The summed E-state index contributed by atoms with van der Waals surface area (Å²) in [5.74, 6) is 0.406. The number of nitrogens with one attached hydrogen (secondary N) is 1. The Hall–Kier alpha value is -2.89. The smallest absolute Gasteiger partial charge is 0.269 e. The van der Waals surface area contributed by atoms with E-state index in [0.29, 0.717) is 5.75 Å². The maximum atomic E-state index is 12.1. The number of benzene rings is 2. The van der Waals surface area contributed by atoms with E-state index in [4.69, 9.17) is 4.74 Å². The van der Waals surface area contributed by atoms with Crippen molar-refractivity contribution >= 4 is 11.6 Å². The van der Waals surface area contributed by atoms with Crippen LogP contribution in [0.15, 0.2) is 54.6 Å². The number of ether oxygens (including phenoxy) is 1. The lowest BCUT2D eigenvalue weighted by atomic mass is 9.96. The molecule has 1 amide bonds. The van der Waals surface area contributed by atoms with Gasteiger partial charge in [-0.25, -0.2) is 0 Å². The van der Waals surface area contributed by atoms with E-state index in [1.165, 1.54) is 24.3 Å². The lowest BCUT2D eigenvalue weighted by molar-refractivity contribution is -0.384. The minimum Gasteiger partial charge on any atom is -0.484 e. The van der Waals surface area contributed by atoms with Crippen molar-refractivity contribution in [3.63, 3.8) is 0 Å². The Labute approximate surface area is 140 Å². The van der Waals surface area contributed by atoms with E-state index in [-0.39, 0.29) is 30.2 Å². The fraction of sp³-hybridized carbons (Fsp3) is 0.278. The van der Waals surface area contributed by atoms with Crippen molar-refractivity contribution < 1.29 is 14.5 Å². The Balaban J connectivity index is 1.93. The second-order valence-corrected chi connectivity index (χ2v) is 5.74. The summed E-state index contributed by atoms with van der Waals surface area (Å²) in [5.41, 5.74) is 1.02. The molecular formula is C18H20N2O4. The molecule has 6 heteroatoms. The number of hydrogen-bond acceptors (Lipinski definition) is 4. The van der Waals surface area contributed by atoms with Gasteiger partial charge in [0.2, 0.25) is 0 Å². The molecule has 0 aliphatic heterocycles. The van der Waals surface area contributed by atoms with Crippen LogP contribution >= 0.6 is 0 Å². The number of nitro groups is 1. The topological polar surface area (TPSA) is 81.5 Å².